The van der Waals surface area contributed by atoms with Gasteiger partial charge in [0.1, 0.15) is 5.75 Å². The molecule has 5 heteroatoms. The first kappa shape index (κ1) is 13.7. The molecule has 1 aromatic carbocycles. The minimum atomic E-state index is -4.14. The Morgan fingerprint density at radius 1 is 1.22 bits per heavy atom. The van der Waals surface area contributed by atoms with Gasteiger partial charge in [-0.15, -0.1) is 0 Å². The first-order valence-corrected chi connectivity index (χ1v) is 6.68. The van der Waals surface area contributed by atoms with Crippen LogP contribution in [0.1, 0.15) is 25.7 Å². The lowest BCUT2D eigenvalue weighted by Gasteiger charge is -2.37. The minimum Gasteiger partial charge on any atom is -0.476 e. The SMILES string of the molecule is FC(F)(F)C1CCCC(Br)(Oc2ccccc2)C1. The van der Waals surface area contributed by atoms with Gasteiger partial charge in [0.2, 0.25) is 0 Å². The number of hydrogen-bond acceptors (Lipinski definition) is 1. The quantitative estimate of drug-likeness (QED) is 0.703. The molecule has 0 aromatic heterocycles. The fourth-order valence-electron chi connectivity index (χ4n) is 2.26. The Morgan fingerprint density at radius 3 is 2.50 bits per heavy atom. The van der Waals surface area contributed by atoms with Crippen LogP contribution in [0.5, 0.6) is 5.75 Å². The van der Waals surface area contributed by atoms with E-state index < -0.39 is 16.6 Å². The molecule has 2 rings (SSSR count). The molecule has 0 N–H and O–H groups in total. The molecule has 0 spiro atoms. The van der Waals surface area contributed by atoms with Crippen LogP contribution in [0.25, 0.3) is 0 Å². The molecule has 0 heterocycles. The van der Waals surface area contributed by atoms with E-state index in [1.807, 2.05) is 6.07 Å². The van der Waals surface area contributed by atoms with Crippen molar-refractivity contribution < 1.29 is 17.9 Å². The average molecular weight is 323 g/mol. The van der Waals surface area contributed by atoms with Crippen LogP contribution in [0.15, 0.2) is 30.3 Å². The third-order valence-electron chi connectivity index (χ3n) is 3.16. The number of para-hydroxylation sites is 1. The fourth-order valence-corrected chi connectivity index (χ4v) is 3.11. The third-order valence-corrected chi connectivity index (χ3v) is 4.04. The van der Waals surface area contributed by atoms with Gasteiger partial charge in [-0.1, -0.05) is 18.2 Å². The van der Waals surface area contributed by atoms with Gasteiger partial charge >= 0.3 is 6.18 Å². The van der Waals surface area contributed by atoms with E-state index in [2.05, 4.69) is 15.9 Å². The Kier molecular flexibility index (Phi) is 3.90. The smallest absolute Gasteiger partial charge is 0.392 e. The van der Waals surface area contributed by atoms with E-state index in [9.17, 15) is 13.2 Å². The number of ether oxygens (including phenoxy) is 1. The molecule has 2 unspecified atom stereocenters. The molecule has 1 aliphatic rings. The summed E-state index contributed by atoms with van der Waals surface area (Å²) >= 11 is 3.34. The number of alkyl halides is 4. The highest BCUT2D eigenvalue weighted by Crippen LogP contribution is 2.46. The maximum absolute atomic E-state index is 12.7. The number of rotatable bonds is 2. The summed E-state index contributed by atoms with van der Waals surface area (Å²) in [4.78, 5) is 0. The van der Waals surface area contributed by atoms with Crippen LogP contribution in [0.3, 0.4) is 0 Å². The molecule has 1 aliphatic carbocycles. The van der Waals surface area contributed by atoms with Gasteiger partial charge in [0.25, 0.3) is 0 Å². The van der Waals surface area contributed by atoms with Gasteiger partial charge in [0.15, 0.2) is 4.51 Å². The highest BCUT2D eigenvalue weighted by molar-refractivity contribution is 9.10. The molecule has 0 bridgehead atoms. The second kappa shape index (κ2) is 5.11. The average Bonchev–Trinajstić information content (AvgIpc) is 2.28. The maximum atomic E-state index is 12.7. The number of hydrogen-bond donors (Lipinski definition) is 0. The van der Waals surface area contributed by atoms with E-state index in [0.717, 1.165) is 0 Å². The molecular formula is C13H14BrF3O. The summed E-state index contributed by atoms with van der Waals surface area (Å²) in [6.07, 6.45) is -2.88. The van der Waals surface area contributed by atoms with Gasteiger partial charge in [0.05, 0.1) is 5.92 Å². The van der Waals surface area contributed by atoms with Crippen LogP contribution in [-0.2, 0) is 0 Å². The van der Waals surface area contributed by atoms with Crippen molar-refractivity contribution in [2.75, 3.05) is 0 Å². The molecule has 18 heavy (non-hydrogen) atoms. The number of benzene rings is 1. The van der Waals surface area contributed by atoms with E-state index in [0.29, 0.717) is 18.6 Å². The predicted molar refractivity (Wildman–Crippen MR) is 66.7 cm³/mol. The van der Waals surface area contributed by atoms with E-state index in [1.54, 1.807) is 24.3 Å². The van der Waals surface area contributed by atoms with Crippen molar-refractivity contribution in [3.8, 4) is 5.75 Å². The van der Waals surface area contributed by atoms with E-state index >= 15 is 0 Å². The van der Waals surface area contributed by atoms with Gasteiger partial charge in [0, 0.05) is 6.42 Å². The summed E-state index contributed by atoms with van der Waals surface area (Å²) in [5.74, 6) is -0.688. The summed E-state index contributed by atoms with van der Waals surface area (Å²) in [5.41, 5.74) is 0. The van der Waals surface area contributed by atoms with Gasteiger partial charge < -0.3 is 4.74 Å². The fraction of sp³-hybridized carbons (Fsp3) is 0.538. The zero-order valence-corrected chi connectivity index (χ0v) is 11.3. The second-order valence-corrected chi connectivity index (χ2v) is 6.08. The van der Waals surface area contributed by atoms with Gasteiger partial charge in [-0.2, -0.15) is 13.2 Å². The zero-order chi connectivity index (χ0) is 13.2. The highest BCUT2D eigenvalue weighted by atomic mass is 79.9. The first-order valence-electron chi connectivity index (χ1n) is 5.89. The van der Waals surface area contributed by atoms with Crippen LogP contribution in [0.4, 0.5) is 13.2 Å². The molecule has 0 saturated heterocycles. The Hall–Kier alpha value is -0.710. The molecule has 100 valence electrons. The molecule has 2 atom stereocenters. The second-order valence-electron chi connectivity index (χ2n) is 4.63. The lowest BCUT2D eigenvalue weighted by Crippen LogP contribution is -2.40. The predicted octanol–water partition coefficient (Wildman–Crippen LogP) is 4.91. The summed E-state index contributed by atoms with van der Waals surface area (Å²) in [6, 6.07) is 8.94. The van der Waals surface area contributed by atoms with Gasteiger partial charge in [-0.05, 0) is 47.3 Å². The van der Waals surface area contributed by atoms with Gasteiger partial charge in [-0.3, -0.25) is 0 Å². The molecule has 0 amide bonds. The largest absolute Gasteiger partial charge is 0.476 e. The van der Waals surface area contributed by atoms with E-state index in [-0.39, 0.29) is 12.8 Å². The normalized spacial score (nSPS) is 29.0. The van der Waals surface area contributed by atoms with Crippen LogP contribution >= 0.6 is 15.9 Å². The third kappa shape index (κ3) is 3.40. The first-order chi connectivity index (χ1) is 8.39. The summed E-state index contributed by atoms with van der Waals surface area (Å²) in [5, 5.41) is 0. The summed E-state index contributed by atoms with van der Waals surface area (Å²) in [7, 11) is 0. The molecule has 1 fully saturated rings. The van der Waals surface area contributed by atoms with Crippen molar-refractivity contribution in [2.45, 2.75) is 36.4 Å². The molecule has 1 saturated carbocycles. The highest BCUT2D eigenvalue weighted by Gasteiger charge is 2.47. The zero-order valence-electron chi connectivity index (χ0n) is 9.71. The van der Waals surface area contributed by atoms with Crippen LogP contribution in [-0.4, -0.2) is 10.7 Å². The Labute approximate surface area is 112 Å². The molecule has 0 radical (unpaired) electrons. The van der Waals surface area contributed by atoms with Crippen LogP contribution < -0.4 is 4.74 Å². The molecule has 0 aliphatic heterocycles. The van der Waals surface area contributed by atoms with Crippen molar-refractivity contribution in [1.82, 2.24) is 0 Å². The van der Waals surface area contributed by atoms with E-state index in [1.165, 1.54) is 0 Å². The number of halogens is 4. The lowest BCUT2D eigenvalue weighted by atomic mass is 9.86. The standard InChI is InChI=1S/C13H14BrF3O/c14-12(18-11-6-2-1-3-7-11)8-4-5-10(9-12)13(15,16)17/h1-3,6-7,10H,4-5,8-9H2. The Morgan fingerprint density at radius 2 is 1.89 bits per heavy atom. The van der Waals surface area contributed by atoms with Crippen molar-refractivity contribution in [3.63, 3.8) is 0 Å². The van der Waals surface area contributed by atoms with Crippen molar-refractivity contribution in [2.24, 2.45) is 5.92 Å². The summed E-state index contributed by atoms with van der Waals surface area (Å²) < 4.78 is 43.0. The van der Waals surface area contributed by atoms with Crippen LogP contribution in [0, 0.1) is 5.92 Å². The maximum Gasteiger partial charge on any atom is 0.392 e. The van der Waals surface area contributed by atoms with Gasteiger partial charge in [-0.25, -0.2) is 0 Å². The lowest BCUT2D eigenvalue weighted by molar-refractivity contribution is -0.190. The molecular weight excluding hydrogens is 309 g/mol. The summed E-state index contributed by atoms with van der Waals surface area (Å²) in [6.45, 7) is 0. The molecule has 1 nitrogen and oxygen atoms in total. The van der Waals surface area contributed by atoms with Crippen LogP contribution in [0.2, 0.25) is 0 Å². The van der Waals surface area contributed by atoms with E-state index in [4.69, 9.17) is 4.74 Å². The Bertz CT molecular complexity index is 393. The minimum absolute atomic E-state index is 0.0363. The Balaban J connectivity index is 2.07. The van der Waals surface area contributed by atoms with Crippen molar-refractivity contribution in [1.29, 1.82) is 0 Å². The molecule has 1 aromatic rings. The monoisotopic (exact) mass is 322 g/mol. The topological polar surface area (TPSA) is 9.23 Å². The van der Waals surface area contributed by atoms with Crippen molar-refractivity contribution >= 4 is 15.9 Å². The van der Waals surface area contributed by atoms with Crippen molar-refractivity contribution in [3.05, 3.63) is 30.3 Å².